The molecule has 1 N–H and O–H groups in total. The average Bonchev–Trinajstić information content (AvgIpc) is 2.67. The Morgan fingerprint density at radius 2 is 1.84 bits per heavy atom. The van der Waals surface area contributed by atoms with Crippen LogP contribution in [0, 0.1) is 5.82 Å². The van der Waals surface area contributed by atoms with Gasteiger partial charge in [0.1, 0.15) is 5.82 Å². The molecule has 5 heteroatoms. The normalized spacial score (nSPS) is 18.8. The van der Waals surface area contributed by atoms with Crippen LogP contribution in [0.5, 0.6) is 0 Å². The first-order chi connectivity index (χ1) is 9.09. The molecule has 0 spiro atoms. The number of rotatable bonds is 3. The number of carbonyl (C=O) groups is 1. The van der Waals surface area contributed by atoms with E-state index in [0.29, 0.717) is 4.90 Å². The van der Waals surface area contributed by atoms with E-state index in [-0.39, 0.29) is 5.25 Å². The molecule has 0 saturated heterocycles. The lowest BCUT2D eigenvalue weighted by atomic mass is 10.2. The van der Waals surface area contributed by atoms with Crippen molar-refractivity contribution in [2.24, 2.45) is 0 Å². The summed E-state index contributed by atoms with van der Waals surface area (Å²) in [6, 6.07) is 3.73. The smallest absolute Gasteiger partial charge is 0.338 e. The molecule has 0 amide bonds. The van der Waals surface area contributed by atoms with Gasteiger partial charge in [-0.2, -0.15) is 0 Å². The van der Waals surface area contributed by atoms with Crippen LogP contribution >= 0.6 is 0 Å². The minimum atomic E-state index is -1.32. The highest BCUT2D eigenvalue weighted by Gasteiger charge is 2.22. The maximum absolute atomic E-state index is 13.3. The van der Waals surface area contributed by atoms with E-state index in [9.17, 15) is 13.4 Å². The van der Waals surface area contributed by atoms with E-state index < -0.39 is 28.1 Å². The molecule has 19 heavy (non-hydrogen) atoms. The largest absolute Gasteiger partial charge is 0.478 e. The van der Waals surface area contributed by atoms with Crippen LogP contribution in [0.15, 0.2) is 23.1 Å². The van der Waals surface area contributed by atoms with Gasteiger partial charge in [-0.3, -0.25) is 4.21 Å². The molecule has 1 atom stereocenters. The van der Waals surface area contributed by atoms with Crippen molar-refractivity contribution in [2.45, 2.75) is 48.7 Å². The fraction of sp³-hybridized carbons (Fsp3) is 0.500. The minimum absolute atomic E-state index is 0.0645. The van der Waals surface area contributed by atoms with Crippen molar-refractivity contribution in [3.8, 4) is 0 Å². The van der Waals surface area contributed by atoms with Crippen LogP contribution in [0.2, 0.25) is 0 Å². The maximum Gasteiger partial charge on any atom is 0.338 e. The zero-order chi connectivity index (χ0) is 13.8. The summed E-state index contributed by atoms with van der Waals surface area (Å²) in [6.07, 6.45) is 6.24. The predicted molar refractivity (Wildman–Crippen MR) is 71.3 cm³/mol. The quantitative estimate of drug-likeness (QED) is 0.866. The molecular weight excluding hydrogens is 267 g/mol. The lowest BCUT2D eigenvalue weighted by Gasteiger charge is -2.14. The second-order valence-corrected chi connectivity index (χ2v) is 6.59. The lowest BCUT2D eigenvalue weighted by Crippen LogP contribution is -2.15. The van der Waals surface area contributed by atoms with Crippen LogP contribution in [0.1, 0.15) is 48.9 Å². The third-order valence-corrected chi connectivity index (χ3v) is 5.30. The van der Waals surface area contributed by atoms with E-state index >= 15 is 0 Å². The van der Waals surface area contributed by atoms with Crippen molar-refractivity contribution in [1.82, 2.24) is 0 Å². The molecule has 1 unspecified atom stereocenters. The number of benzene rings is 1. The van der Waals surface area contributed by atoms with Crippen LogP contribution in [0.3, 0.4) is 0 Å². The Morgan fingerprint density at radius 3 is 2.42 bits per heavy atom. The van der Waals surface area contributed by atoms with E-state index in [1.807, 2.05) is 0 Å². The summed E-state index contributed by atoms with van der Waals surface area (Å²) in [5, 5.41) is 8.95. The van der Waals surface area contributed by atoms with E-state index in [2.05, 4.69) is 0 Å². The highest BCUT2D eigenvalue weighted by Crippen LogP contribution is 2.26. The zero-order valence-electron chi connectivity index (χ0n) is 10.6. The second-order valence-electron chi connectivity index (χ2n) is 4.86. The first-order valence-electron chi connectivity index (χ1n) is 6.53. The molecule has 1 aromatic carbocycles. The predicted octanol–water partition coefficient (Wildman–Crippen LogP) is 3.35. The van der Waals surface area contributed by atoms with Gasteiger partial charge in [-0.15, -0.1) is 0 Å². The molecule has 0 aliphatic heterocycles. The molecule has 2 rings (SSSR count). The number of hydrogen-bond acceptors (Lipinski definition) is 2. The maximum atomic E-state index is 13.3. The van der Waals surface area contributed by atoms with Gasteiger partial charge in [0.25, 0.3) is 0 Å². The molecular formula is C14H17FO3S. The Labute approximate surface area is 114 Å². The Morgan fingerprint density at radius 1 is 1.21 bits per heavy atom. The number of aromatic carboxylic acids is 1. The Bertz CT molecular complexity index is 493. The summed E-state index contributed by atoms with van der Waals surface area (Å²) in [7, 11) is -1.25. The van der Waals surface area contributed by atoms with E-state index in [1.165, 1.54) is 12.1 Å². The highest BCUT2D eigenvalue weighted by atomic mass is 32.2. The van der Waals surface area contributed by atoms with Gasteiger partial charge in [-0.1, -0.05) is 25.7 Å². The third-order valence-electron chi connectivity index (χ3n) is 3.51. The monoisotopic (exact) mass is 284 g/mol. The molecule has 0 heterocycles. The SMILES string of the molecule is O=C(O)c1cc(S(=O)C2CCCCCC2)ccc1F. The highest BCUT2D eigenvalue weighted by molar-refractivity contribution is 7.85. The molecule has 0 bridgehead atoms. The van der Waals surface area contributed by atoms with Gasteiger partial charge in [0, 0.05) is 10.1 Å². The Balaban J connectivity index is 2.23. The van der Waals surface area contributed by atoms with Crippen molar-refractivity contribution >= 4 is 16.8 Å². The van der Waals surface area contributed by atoms with E-state index in [1.54, 1.807) is 0 Å². The molecule has 1 aliphatic carbocycles. The summed E-state index contributed by atoms with van der Waals surface area (Å²) >= 11 is 0. The van der Waals surface area contributed by atoms with Crippen molar-refractivity contribution in [3.63, 3.8) is 0 Å². The number of carboxylic acid groups (broad SMARTS) is 1. The molecule has 1 aromatic rings. The van der Waals surface area contributed by atoms with E-state index in [4.69, 9.17) is 5.11 Å². The summed E-state index contributed by atoms with van der Waals surface area (Å²) in [4.78, 5) is 11.3. The number of hydrogen-bond donors (Lipinski definition) is 1. The van der Waals surface area contributed by atoms with Crippen molar-refractivity contribution < 1.29 is 18.5 Å². The van der Waals surface area contributed by atoms with Crippen LogP contribution in [-0.2, 0) is 10.8 Å². The van der Waals surface area contributed by atoms with Crippen LogP contribution in [0.25, 0.3) is 0 Å². The average molecular weight is 284 g/mol. The second kappa shape index (κ2) is 6.28. The topological polar surface area (TPSA) is 54.4 Å². The van der Waals surface area contributed by atoms with Gasteiger partial charge in [0.05, 0.1) is 16.4 Å². The summed E-state index contributed by atoms with van der Waals surface area (Å²) in [6.45, 7) is 0. The van der Waals surface area contributed by atoms with Crippen molar-refractivity contribution in [1.29, 1.82) is 0 Å². The molecule has 104 valence electrons. The molecule has 0 aromatic heterocycles. The zero-order valence-corrected chi connectivity index (χ0v) is 11.4. The molecule has 1 saturated carbocycles. The van der Waals surface area contributed by atoms with Crippen LogP contribution < -0.4 is 0 Å². The number of halogens is 1. The standard InChI is InChI=1S/C14H17FO3S/c15-13-8-7-11(9-12(13)14(16)17)19(18)10-5-3-1-2-4-6-10/h7-10H,1-6H2,(H,16,17). The fourth-order valence-electron chi connectivity index (χ4n) is 2.44. The third kappa shape index (κ3) is 3.41. The summed E-state index contributed by atoms with van der Waals surface area (Å²) in [5.74, 6) is -2.11. The van der Waals surface area contributed by atoms with Gasteiger partial charge >= 0.3 is 5.97 Å². The fourth-order valence-corrected chi connectivity index (χ4v) is 4.02. The minimum Gasteiger partial charge on any atom is -0.478 e. The summed E-state index contributed by atoms with van der Waals surface area (Å²) in [5.41, 5.74) is -0.403. The van der Waals surface area contributed by atoms with E-state index in [0.717, 1.165) is 44.6 Å². The van der Waals surface area contributed by atoms with Gasteiger partial charge in [0.15, 0.2) is 0 Å². The first kappa shape index (κ1) is 14.2. The Hall–Kier alpha value is -1.23. The molecule has 1 aliphatic rings. The number of carboxylic acids is 1. The van der Waals surface area contributed by atoms with Crippen molar-refractivity contribution in [3.05, 3.63) is 29.6 Å². The van der Waals surface area contributed by atoms with Gasteiger partial charge in [-0.25, -0.2) is 9.18 Å². The molecule has 1 fully saturated rings. The lowest BCUT2D eigenvalue weighted by molar-refractivity contribution is 0.0691. The molecule has 3 nitrogen and oxygen atoms in total. The molecule has 0 radical (unpaired) electrons. The van der Waals surface area contributed by atoms with Gasteiger partial charge < -0.3 is 5.11 Å². The van der Waals surface area contributed by atoms with Crippen molar-refractivity contribution in [2.75, 3.05) is 0 Å². The Kier molecular flexibility index (Phi) is 4.69. The van der Waals surface area contributed by atoms with Crippen LogP contribution in [-0.4, -0.2) is 20.5 Å². The summed E-state index contributed by atoms with van der Waals surface area (Å²) < 4.78 is 25.7. The first-order valence-corrected chi connectivity index (χ1v) is 7.74. The van der Waals surface area contributed by atoms with Gasteiger partial charge in [-0.05, 0) is 31.0 Å². The van der Waals surface area contributed by atoms with Gasteiger partial charge in [0.2, 0.25) is 0 Å². The van der Waals surface area contributed by atoms with Crippen LogP contribution in [0.4, 0.5) is 4.39 Å².